The number of hydrogen-bond donors (Lipinski definition) is 1. The van der Waals surface area contributed by atoms with E-state index < -0.39 is 0 Å². The molecular weight excluding hydrogens is 320 g/mol. The van der Waals surface area contributed by atoms with Gasteiger partial charge >= 0.3 is 0 Å². The average Bonchev–Trinajstić information content (AvgIpc) is 3.02. The highest BCUT2D eigenvalue weighted by Gasteiger charge is 2.27. The van der Waals surface area contributed by atoms with Gasteiger partial charge in [-0.1, -0.05) is 17.7 Å². The highest BCUT2D eigenvalue weighted by atomic mass is 35.5. The molecule has 0 spiro atoms. The van der Waals surface area contributed by atoms with E-state index >= 15 is 0 Å². The summed E-state index contributed by atoms with van der Waals surface area (Å²) >= 11 is 7.65. The van der Waals surface area contributed by atoms with Crippen LogP contribution in [-0.2, 0) is 6.54 Å². The Hall–Kier alpha value is -1.92. The van der Waals surface area contributed by atoms with Gasteiger partial charge in [-0.05, 0) is 24.3 Å². The minimum atomic E-state index is 0.469. The third-order valence-electron chi connectivity index (χ3n) is 3.39. The molecule has 3 aromatic rings. The van der Waals surface area contributed by atoms with E-state index in [9.17, 15) is 0 Å². The first-order chi connectivity index (χ1) is 10.8. The van der Waals surface area contributed by atoms with Crippen molar-refractivity contribution in [3.8, 4) is 10.8 Å². The van der Waals surface area contributed by atoms with Crippen LogP contribution in [0.5, 0.6) is 0 Å². The lowest BCUT2D eigenvalue weighted by molar-refractivity contribution is 0.574. The number of nitrogens with zero attached hydrogens (tertiary/aromatic N) is 3. The molecule has 1 aliphatic carbocycles. The molecule has 1 aliphatic rings. The Balaban J connectivity index is 1.46. The van der Waals surface area contributed by atoms with Crippen molar-refractivity contribution >= 4 is 28.8 Å². The van der Waals surface area contributed by atoms with Crippen LogP contribution in [0.2, 0.25) is 5.15 Å². The van der Waals surface area contributed by atoms with Crippen molar-refractivity contribution < 1.29 is 4.42 Å². The van der Waals surface area contributed by atoms with Crippen LogP contribution in [0, 0.1) is 0 Å². The minimum absolute atomic E-state index is 0.469. The smallest absolute Gasteiger partial charge is 0.236 e. The molecule has 0 atom stereocenters. The summed E-state index contributed by atoms with van der Waals surface area (Å²) in [5.74, 6) is 2.67. The highest BCUT2D eigenvalue weighted by molar-refractivity contribution is 7.13. The lowest BCUT2D eigenvalue weighted by atomic mass is 10.4. The first kappa shape index (κ1) is 13.7. The zero-order valence-electron chi connectivity index (χ0n) is 11.6. The van der Waals surface area contributed by atoms with Gasteiger partial charge in [-0.2, -0.15) is 0 Å². The monoisotopic (exact) mass is 332 g/mol. The van der Waals surface area contributed by atoms with Crippen molar-refractivity contribution in [2.45, 2.75) is 25.3 Å². The van der Waals surface area contributed by atoms with E-state index in [2.05, 4.69) is 20.3 Å². The van der Waals surface area contributed by atoms with Gasteiger partial charge in [0.25, 0.3) is 0 Å². The first-order valence-corrected chi connectivity index (χ1v) is 8.30. The summed E-state index contributed by atoms with van der Waals surface area (Å²) in [5, 5.41) is 5.70. The number of oxazole rings is 1. The van der Waals surface area contributed by atoms with Crippen LogP contribution < -0.4 is 5.32 Å². The Morgan fingerprint density at radius 1 is 1.32 bits per heavy atom. The van der Waals surface area contributed by atoms with Crippen LogP contribution in [0.3, 0.4) is 0 Å². The predicted molar refractivity (Wildman–Crippen MR) is 86.2 cm³/mol. The number of hydrogen-bond acceptors (Lipinski definition) is 6. The van der Waals surface area contributed by atoms with Crippen LogP contribution in [0.1, 0.15) is 30.3 Å². The maximum absolute atomic E-state index is 6.05. The molecule has 112 valence electrons. The molecule has 0 radical (unpaired) electrons. The lowest BCUT2D eigenvalue weighted by Gasteiger charge is -2.05. The fraction of sp³-hybridized carbons (Fsp3) is 0.267. The van der Waals surface area contributed by atoms with E-state index in [1.807, 2.05) is 17.5 Å². The van der Waals surface area contributed by atoms with Gasteiger partial charge in [0.2, 0.25) is 5.89 Å². The SMILES string of the molecule is Clc1cc(NCc2coc(-c3cccs3)n2)nc(C2CC2)n1. The third-order valence-corrected chi connectivity index (χ3v) is 4.44. The molecule has 0 bridgehead atoms. The van der Waals surface area contributed by atoms with Crippen molar-refractivity contribution in [3.63, 3.8) is 0 Å². The van der Waals surface area contributed by atoms with E-state index in [0.29, 0.717) is 23.5 Å². The number of nitrogens with one attached hydrogen (secondary N) is 1. The quantitative estimate of drug-likeness (QED) is 0.704. The second-order valence-corrected chi connectivity index (χ2v) is 6.52. The van der Waals surface area contributed by atoms with Gasteiger partial charge in [0.05, 0.1) is 17.1 Å². The van der Waals surface area contributed by atoms with Gasteiger partial charge in [-0.15, -0.1) is 11.3 Å². The Bertz CT molecular complexity index is 783. The van der Waals surface area contributed by atoms with Gasteiger partial charge in [-0.3, -0.25) is 0 Å². The fourth-order valence-electron chi connectivity index (χ4n) is 2.13. The molecule has 0 amide bonds. The molecule has 0 unspecified atom stereocenters. The number of rotatable bonds is 5. The molecular formula is C15H13ClN4OS. The van der Waals surface area contributed by atoms with Crippen molar-refractivity contribution in [1.29, 1.82) is 0 Å². The molecule has 4 rings (SSSR count). The molecule has 5 nitrogen and oxygen atoms in total. The van der Waals surface area contributed by atoms with Gasteiger partial charge in [0, 0.05) is 12.0 Å². The van der Waals surface area contributed by atoms with E-state index in [1.165, 1.54) is 0 Å². The number of aromatic nitrogens is 3. The average molecular weight is 333 g/mol. The minimum Gasteiger partial charge on any atom is -0.443 e. The van der Waals surface area contributed by atoms with Crippen molar-refractivity contribution in [2.24, 2.45) is 0 Å². The second kappa shape index (κ2) is 5.70. The topological polar surface area (TPSA) is 63.8 Å². The molecule has 7 heteroatoms. The van der Waals surface area contributed by atoms with Crippen LogP contribution in [0.4, 0.5) is 5.82 Å². The Labute approximate surface area is 136 Å². The van der Waals surface area contributed by atoms with E-state index in [4.69, 9.17) is 16.0 Å². The maximum Gasteiger partial charge on any atom is 0.236 e. The number of thiophene rings is 1. The van der Waals surface area contributed by atoms with Gasteiger partial charge < -0.3 is 9.73 Å². The molecule has 3 aromatic heterocycles. The lowest BCUT2D eigenvalue weighted by Crippen LogP contribution is -2.04. The number of anilines is 1. The first-order valence-electron chi connectivity index (χ1n) is 7.04. The molecule has 3 heterocycles. The summed E-state index contributed by atoms with van der Waals surface area (Å²) in [6.07, 6.45) is 3.95. The van der Waals surface area contributed by atoms with Crippen molar-refractivity contribution in [2.75, 3.05) is 5.32 Å². The zero-order chi connectivity index (χ0) is 14.9. The predicted octanol–water partition coefficient (Wildman–Crippen LogP) is 4.34. The van der Waals surface area contributed by atoms with Crippen LogP contribution >= 0.6 is 22.9 Å². The van der Waals surface area contributed by atoms with E-state index in [0.717, 1.165) is 35.1 Å². The van der Waals surface area contributed by atoms with E-state index in [-0.39, 0.29) is 0 Å². The van der Waals surface area contributed by atoms with Crippen molar-refractivity contribution in [1.82, 2.24) is 15.0 Å². The van der Waals surface area contributed by atoms with Crippen LogP contribution in [-0.4, -0.2) is 15.0 Å². The normalized spacial score (nSPS) is 14.2. The largest absolute Gasteiger partial charge is 0.443 e. The Morgan fingerprint density at radius 2 is 2.23 bits per heavy atom. The molecule has 0 saturated heterocycles. The van der Waals surface area contributed by atoms with Crippen LogP contribution in [0.15, 0.2) is 34.3 Å². The Morgan fingerprint density at radius 3 is 3.00 bits per heavy atom. The second-order valence-electron chi connectivity index (χ2n) is 5.18. The molecule has 1 fully saturated rings. The van der Waals surface area contributed by atoms with Gasteiger partial charge in [0.1, 0.15) is 23.1 Å². The molecule has 0 aromatic carbocycles. The molecule has 1 saturated carbocycles. The third kappa shape index (κ3) is 2.98. The summed E-state index contributed by atoms with van der Waals surface area (Å²) in [6.45, 7) is 0.534. The standard InChI is InChI=1S/C15H13ClN4OS/c16-12-6-13(20-14(19-12)9-3-4-9)17-7-10-8-21-15(18-10)11-2-1-5-22-11/h1-2,5-6,8-9H,3-4,7H2,(H,17,19,20). The van der Waals surface area contributed by atoms with Gasteiger partial charge in [-0.25, -0.2) is 15.0 Å². The summed E-state index contributed by atoms with van der Waals surface area (Å²) in [4.78, 5) is 14.3. The number of halogens is 1. The fourth-order valence-corrected chi connectivity index (χ4v) is 2.98. The zero-order valence-corrected chi connectivity index (χ0v) is 13.2. The highest BCUT2D eigenvalue weighted by Crippen LogP contribution is 2.38. The summed E-state index contributed by atoms with van der Waals surface area (Å²) in [6, 6.07) is 5.69. The molecule has 22 heavy (non-hydrogen) atoms. The van der Waals surface area contributed by atoms with Crippen molar-refractivity contribution in [3.05, 3.63) is 46.5 Å². The van der Waals surface area contributed by atoms with E-state index in [1.54, 1.807) is 23.7 Å². The molecule has 1 N–H and O–H groups in total. The van der Waals surface area contributed by atoms with Crippen LogP contribution in [0.25, 0.3) is 10.8 Å². The summed E-state index contributed by atoms with van der Waals surface area (Å²) < 4.78 is 5.49. The Kier molecular flexibility index (Phi) is 3.56. The summed E-state index contributed by atoms with van der Waals surface area (Å²) in [7, 11) is 0. The molecule has 0 aliphatic heterocycles. The maximum atomic E-state index is 6.05. The summed E-state index contributed by atoms with van der Waals surface area (Å²) in [5.41, 5.74) is 0.825. The van der Waals surface area contributed by atoms with Gasteiger partial charge in [0.15, 0.2) is 0 Å².